The van der Waals surface area contributed by atoms with E-state index in [9.17, 15) is 13.5 Å². The highest BCUT2D eigenvalue weighted by Crippen LogP contribution is 2.42. The van der Waals surface area contributed by atoms with Gasteiger partial charge in [-0.3, -0.25) is 0 Å². The SMILES string of the molecule is CCCC1CS(=O)(=O)c2ccc(N(C)C)cc2[C@@H](c2cccc(N)c2)[C@H]1O. The molecular formula is C21H28N2O3S. The minimum Gasteiger partial charge on any atom is -0.399 e. The maximum Gasteiger partial charge on any atom is 0.179 e. The number of rotatable bonds is 4. The van der Waals surface area contributed by atoms with Crippen molar-refractivity contribution in [3.05, 3.63) is 53.6 Å². The molecule has 1 aliphatic heterocycles. The molecule has 1 aliphatic rings. The Balaban J connectivity index is 2.28. The summed E-state index contributed by atoms with van der Waals surface area (Å²) < 4.78 is 26.2. The second-order valence-electron chi connectivity index (χ2n) is 7.59. The normalized spacial score (nSPS) is 24.1. The van der Waals surface area contributed by atoms with Crippen LogP contribution in [0, 0.1) is 5.92 Å². The summed E-state index contributed by atoms with van der Waals surface area (Å²) in [5.41, 5.74) is 8.99. The number of aliphatic hydroxyl groups excluding tert-OH is 1. The van der Waals surface area contributed by atoms with E-state index in [1.54, 1.807) is 12.1 Å². The summed E-state index contributed by atoms with van der Waals surface area (Å²) in [5, 5.41) is 11.3. The molecule has 1 unspecified atom stereocenters. The van der Waals surface area contributed by atoms with E-state index in [4.69, 9.17) is 5.73 Å². The Morgan fingerprint density at radius 2 is 1.93 bits per heavy atom. The predicted molar refractivity (Wildman–Crippen MR) is 110 cm³/mol. The molecule has 3 rings (SSSR count). The molecular weight excluding hydrogens is 360 g/mol. The maximum absolute atomic E-state index is 13.1. The van der Waals surface area contributed by atoms with Gasteiger partial charge in [0, 0.05) is 37.3 Å². The fourth-order valence-electron chi connectivity index (χ4n) is 4.02. The molecule has 0 spiro atoms. The van der Waals surface area contributed by atoms with Crippen molar-refractivity contribution in [2.75, 3.05) is 30.5 Å². The Kier molecular flexibility index (Phi) is 5.49. The van der Waals surface area contributed by atoms with Crippen LogP contribution >= 0.6 is 0 Å². The molecule has 0 amide bonds. The first-order chi connectivity index (χ1) is 12.7. The molecule has 2 aromatic rings. The van der Waals surface area contributed by atoms with Crippen molar-refractivity contribution in [2.45, 2.75) is 36.7 Å². The third-order valence-corrected chi connectivity index (χ3v) is 7.28. The molecule has 3 N–H and O–H groups in total. The molecule has 5 nitrogen and oxygen atoms in total. The Labute approximate surface area is 161 Å². The van der Waals surface area contributed by atoms with Crippen molar-refractivity contribution in [1.82, 2.24) is 0 Å². The van der Waals surface area contributed by atoms with Crippen LogP contribution in [-0.4, -0.2) is 39.5 Å². The van der Waals surface area contributed by atoms with Crippen LogP contribution in [0.5, 0.6) is 0 Å². The smallest absolute Gasteiger partial charge is 0.179 e. The standard InChI is InChI=1S/C21H28N2O3S/c1-4-6-15-13-27(25,26)19-10-9-17(23(2)3)12-18(19)20(21(15)24)14-7-5-8-16(22)11-14/h5,7-12,15,20-21,24H,4,6,13,22H2,1-3H3/t15?,20-,21+/m1/s1. The van der Waals surface area contributed by atoms with Crippen LogP contribution in [0.2, 0.25) is 0 Å². The van der Waals surface area contributed by atoms with Gasteiger partial charge in [0.2, 0.25) is 0 Å². The van der Waals surface area contributed by atoms with Crippen LogP contribution in [0.3, 0.4) is 0 Å². The van der Waals surface area contributed by atoms with Gasteiger partial charge in [0.05, 0.1) is 16.8 Å². The minimum atomic E-state index is -3.49. The highest BCUT2D eigenvalue weighted by Gasteiger charge is 2.40. The van der Waals surface area contributed by atoms with Crippen LogP contribution in [0.25, 0.3) is 0 Å². The second kappa shape index (κ2) is 7.52. The molecule has 0 aliphatic carbocycles. The Morgan fingerprint density at radius 3 is 2.56 bits per heavy atom. The van der Waals surface area contributed by atoms with E-state index < -0.39 is 21.9 Å². The quantitative estimate of drug-likeness (QED) is 0.787. The second-order valence-corrected chi connectivity index (χ2v) is 9.59. The van der Waals surface area contributed by atoms with Crippen molar-refractivity contribution in [2.24, 2.45) is 5.92 Å². The number of fused-ring (bicyclic) bond motifs is 1. The Hall–Kier alpha value is -2.05. The summed E-state index contributed by atoms with van der Waals surface area (Å²) in [5.74, 6) is -0.784. The third-order valence-electron chi connectivity index (χ3n) is 5.37. The van der Waals surface area contributed by atoms with Gasteiger partial charge in [-0.15, -0.1) is 0 Å². The number of hydrogen-bond acceptors (Lipinski definition) is 5. The lowest BCUT2D eigenvalue weighted by atomic mass is 9.80. The number of hydrogen-bond donors (Lipinski definition) is 2. The van der Waals surface area contributed by atoms with Gasteiger partial charge in [-0.1, -0.05) is 25.5 Å². The highest BCUT2D eigenvalue weighted by molar-refractivity contribution is 7.91. The highest BCUT2D eigenvalue weighted by atomic mass is 32.2. The van der Waals surface area contributed by atoms with Gasteiger partial charge in [0.25, 0.3) is 0 Å². The Morgan fingerprint density at radius 1 is 1.19 bits per heavy atom. The zero-order valence-corrected chi connectivity index (χ0v) is 16.9. The summed E-state index contributed by atoms with van der Waals surface area (Å²) in [7, 11) is 0.345. The van der Waals surface area contributed by atoms with Gasteiger partial charge in [0.15, 0.2) is 9.84 Å². The largest absolute Gasteiger partial charge is 0.399 e. The lowest BCUT2D eigenvalue weighted by Crippen LogP contribution is -2.30. The van der Waals surface area contributed by atoms with E-state index in [2.05, 4.69) is 0 Å². The molecule has 1 heterocycles. The van der Waals surface area contributed by atoms with Crippen LogP contribution in [0.1, 0.15) is 36.8 Å². The van der Waals surface area contributed by atoms with E-state index in [1.807, 2.05) is 56.3 Å². The maximum atomic E-state index is 13.1. The summed E-state index contributed by atoms with van der Waals surface area (Å²) in [6.07, 6.45) is 0.689. The van der Waals surface area contributed by atoms with Gasteiger partial charge in [-0.25, -0.2) is 8.42 Å². The van der Waals surface area contributed by atoms with Crippen LogP contribution in [0.4, 0.5) is 11.4 Å². The van der Waals surface area contributed by atoms with Crippen molar-refractivity contribution >= 4 is 21.2 Å². The van der Waals surface area contributed by atoms with Crippen molar-refractivity contribution in [3.8, 4) is 0 Å². The zero-order valence-electron chi connectivity index (χ0n) is 16.1. The summed E-state index contributed by atoms with van der Waals surface area (Å²) in [4.78, 5) is 2.25. The monoisotopic (exact) mass is 388 g/mol. The molecule has 146 valence electrons. The molecule has 0 fully saturated rings. The number of nitrogens with two attached hydrogens (primary N) is 1. The van der Waals surface area contributed by atoms with Crippen molar-refractivity contribution in [3.63, 3.8) is 0 Å². The number of nitrogen functional groups attached to an aromatic ring is 1. The third kappa shape index (κ3) is 3.82. The molecule has 3 atom stereocenters. The predicted octanol–water partition coefficient (Wildman–Crippen LogP) is 3.03. The van der Waals surface area contributed by atoms with Crippen molar-refractivity contribution < 1.29 is 13.5 Å². The average molecular weight is 389 g/mol. The van der Waals surface area contributed by atoms with Gasteiger partial charge in [-0.05, 0) is 47.9 Å². The van der Waals surface area contributed by atoms with Gasteiger partial charge in [-0.2, -0.15) is 0 Å². The minimum absolute atomic E-state index is 0.0326. The number of aliphatic hydroxyl groups is 1. The van der Waals surface area contributed by atoms with Crippen LogP contribution < -0.4 is 10.6 Å². The molecule has 0 saturated heterocycles. The van der Waals surface area contributed by atoms with E-state index >= 15 is 0 Å². The fraction of sp³-hybridized carbons (Fsp3) is 0.429. The van der Waals surface area contributed by atoms with Gasteiger partial charge < -0.3 is 15.7 Å². The first-order valence-corrected chi connectivity index (χ1v) is 11.0. The topological polar surface area (TPSA) is 83.6 Å². The Bertz CT molecular complexity index is 925. The first kappa shape index (κ1) is 19.7. The fourth-order valence-corrected chi connectivity index (χ4v) is 5.95. The number of anilines is 2. The molecule has 2 aromatic carbocycles. The first-order valence-electron chi connectivity index (χ1n) is 9.32. The van der Waals surface area contributed by atoms with E-state index in [1.165, 1.54) is 0 Å². The summed E-state index contributed by atoms with van der Waals surface area (Å²) >= 11 is 0. The summed E-state index contributed by atoms with van der Waals surface area (Å²) in [6, 6.07) is 12.8. The van der Waals surface area contributed by atoms with Crippen LogP contribution in [-0.2, 0) is 9.84 Å². The number of sulfone groups is 1. The lowest BCUT2D eigenvalue weighted by molar-refractivity contribution is 0.0976. The molecule has 6 heteroatoms. The zero-order chi connectivity index (χ0) is 19.8. The van der Waals surface area contributed by atoms with E-state index in [-0.39, 0.29) is 11.7 Å². The summed E-state index contributed by atoms with van der Waals surface area (Å²) in [6.45, 7) is 2.01. The molecule has 0 radical (unpaired) electrons. The molecule has 0 bridgehead atoms. The van der Waals surface area contributed by atoms with Gasteiger partial charge >= 0.3 is 0 Å². The molecule has 27 heavy (non-hydrogen) atoms. The molecule has 0 saturated carbocycles. The van der Waals surface area contributed by atoms with Crippen molar-refractivity contribution in [1.29, 1.82) is 0 Å². The number of benzene rings is 2. The lowest BCUT2D eigenvalue weighted by Gasteiger charge is -2.28. The van der Waals surface area contributed by atoms with Gasteiger partial charge in [0.1, 0.15) is 0 Å². The number of nitrogens with zero attached hydrogens (tertiary/aromatic N) is 1. The van der Waals surface area contributed by atoms with Crippen LogP contribution in [0.15, 0.2) is 47.4 Å². The van der Waals surface area contributed by atoms with E-state index in [0.29, 0.717) is 22.6 Å². The average Bonchev–Trinajstić information content (AvgIpc) is 2.68. The van der Waals surface area contributed by atoms with E-state index in [0.717, 1.165) is 17.7 Å². The molecule has 0 aromatic heterocycles.